The lowest BCUT2D eigenvalue weighted by molar-refractivity contribution is -0.116. The third-order valence-electron chi connectivity index (χ3n) is 4.49. The van der Waals surface area contributed by atoms with Gasteiger partial charge in [-0.25, -0.2) is 4.68 Å². The van der Waals surface area contributed by atoms with Crippen molar-refractivity contribution < 1.29 is 9.59 Å². The van der Waals surface area contributed by atoms with Crippen LogP contribution in [0.4, 0.5) is 5.69 Å². The van der Waals surface area contributed by atoms with Gasteiger partial charge in [0.2, 0.25) is 5.91 Å². The molecule has 0 aliphatic rings. The first-order valence-corrected chi connectivity index (χ1v) is 9.35. The van der Waals surface area contributed by atoms with Crippen molar-refractivity contribution in [2.24, 2.45) is 0 Å². The van der Waals surface area contributed by atoms with Crippen LogP contribution in [0.1, 0.15) is 60.8 Å². The van der Waals surface area contributed by atoms with Gasteiger partial charge in [-0.1, -0.05) is 26.0 Å². The Bertz CT molecular complexity index is 986. The van der Waals surface area contributed by atoms with E-state index in [0.717, 1.165) is 5.69 Å². The zero-order chi connectivity index (χ0) is 20.7. The van der Waals surface area contributed by atoms with Gasteiger partial charge in [-0.2, -0.15) is 10.4 Å². The summed E-state index contributed by atoms with van der Waals surface area (Å²) in [5.41, 5.74) is 2.08. The van der Waals surface area contributed by atoms with E-state index in [2.05, 4.69) is 10.4 Å². The number of benzene rings is 1. The Morgan fingerprint density at radius 3 is 2.54 bits per heavy atom. The Labute approximate surface area is 164 Å². The molecule has 1 amide bonds. The lowest BCUT2D eigenvalue weighted by Gasteiger charge is -2.12. The largest absolute Gasteiger partial charge is 0.325 e. The molecule has 1 aromatic heterocycles. The third kappa shape index (κ3) is 4.71. The number of rotatable bonds is 8. The highest BCUT2D eigenvalue weighted by Crippen LogP contribution is 2.16. The number of anilines is 1. The molecule has 2 aromatic rings. The molecule has 146 valence electrons. The molecule has 0 fully saturated rings. The first-order chi connectivity index (χ1) is 13.4. The lowest BCUT2D eigenvalue weighted by Crippen LogP contribution is -2.29. The standard InChI is InChI=1S/C21H24N4O3/c1-4-15-17(13-22)21(28)25(24-18(15)5-2)12-8-11-20(27)23-19-10-7-6-9-16(19)14(3)26/h6-7,9-10H,4-5,8,11-12H2,1-3H3,(H,23,27). The molecule has 7 heteroatoms. The zero-order valence-corrected chi connectivity index (χ0v) is 16.4. The topological polar surface area (TPSA) is 105 Å². The van der Waals surface area contributed by atoms with E-state index in [1.54, 1.807) is 24.3 Å². The number of amides is 1. The molecule has 1 heterocycles. The highest BCUT2D eigenvalue weighted by molar-refractivity contribution is 6.03. The van der Waals surface area contributed by atoms with Gasteiger partial charge in [-0.15, -0.1) is 0 Å². The number of hydrogen-bond acceptors (Lipinski definition) is 5. The number of nitrogens with zero attached hydrogens (tertiary/aromatic N) is 3. The fourth-order valence-electron chi connectivity index (χ4n) is 3.09. The van der Waals surface area contributed by atoms with Crippen LogP contribution in [-0.4, -0.2) is 21.5 Å². The zero-order valence-electron chi connectivity index (χ0n) is 16.4. The van der Waals surface area contributed by atoms with Crippen LogP contribution in [0.3, 0.4) is 0 Å². The SMILES string of the molecule is CCc1nn(CCCC(=O)Nc2ccccc2C(C)=O)c(=O)c(C#N)c1CC. The van der Waals surface area contributed by atoms with E-state index >= 15 is 0 Å². The number of nitrogens with one attached hydrogen (secondary N) is 1. The van der Waals surface area contributed by atoms with Crippen molar-refractivity contribution in [3.05, 3.63) is 57.0 Å². The molecule has 1 aromatic carbocycles. The van der Waals surface area contributed by atoms with Crippen molar-refractivity contribution in [3.63, 3.8) is 0 Å². The summed E-state index contributed by atoms with van der Waals surface area (Å²) in [6, 6.07) is 8.82. The number of aryl methyl sites for hydroxylation is 2. The molecule has 0 bridgehead atoms. The number of ketones is 1. The summed E-state index contributed by atoms with van der Waals surface area (Å²) >= 11 is 0. The summed E-state index contributed by atoms with van der Waals surface area (Å²) in [6.07, 6.45) is 1.76. The first kappa shape index (κ1) is 21.0. The van der Waals surface area contributed by atoms with Crippen molar-refractivity contribution in [1.29, 1.82) is 5.26 Å². The van der Waals surface area contributed by atoms with Crippen LogP contribution in [0.15, 0.2) is 29.1 Å². The minimum absolute atomic E-state index is 0.126. The molecule has 28 heavy (non-hydrogen) atoms. The number of nitriles is 1. The summed E-state index contributed by atoms with van der Waals surface area (Å²) in [6.45, 7) is 5.51. The number of para-hydroxylation sites is 1. The Morgan fingerprint density at radius 1 is 1.21 bits per heavy atom. The molecule has 0 unspecified atom stereocenters. The fraction of sp³-hybridized carbons (Fsp3) is 0.381. The lowest BCUT2D eigenvalue weighted by atomic mass is 10.0. The van der Waals surface area contributed by atoms with Crippen LogP contribution >= 0.6 is 0 Å². The molecular weight excluding hydrogens is 356 g/mol. The molecule has 0 spiro atoms. The Kier molecular flexibility index (Phi) is 7.21. The summed E-state index contributed by atoms with van der Waals surface area (Å²) in [7, 11) is 0. The van der Waals surface area contributed by atoms with E-state index in [1.165, 1.54) is 11.6 Å². The van der Waals surface area contributed by atoms with Gasteiger partial charge in [0.05, 0.1) is 11.4 Å². The molecule has 0 saturated heterocycles. The molecule has 7 nitrogen and oxygen atoms in total. The Balaban J connectivity index is 2.08. The fourth-order valence-corrected chi connectivity index (χ4v) is 3.09. The number of carbonyl (C=O) groups excluding carboxylic acids is 2. The summed E-state index contributed by atoms with van der Waals surface area (Å²) in [4.78, 5) is 36.3. The monoisotopic (exact) mass is 380 g/mol. The van der Waals surface area contributed by atoms with Gasteiger partial charge >= 0.3 is 0 Å². The van der Waals surface area contributed by atoms with Crippen molar-refractivity contribution in [3.8, 4) is 6.07 Å². The molecule has 2 rings (SSSR count). The molecule has 0 radical (unpaired) electrons. The summed E-state index contributed by atoms with van der Waals surface area (Å²) in [5.74, 6) is -0.373. The molecule has 0 aliphatic heterocycles. The van der Waals surface area contributed by atoms with Crippen molar-refractivity contribution in [2.45, 2.75) is 53.0 Å². The van der Waals surface area contributed by atoms with Gasteiger partial charge in [-0.3, -0.25) is 14.4 Å². The number of hydrogen-bond donors (Lipinski definition) is 1. The Morgan fingerprint density at radius 2 is 1.93 bits per heavy atom. The van der Waals surface area contributed by atoms with E-state index in [1.807, 2.05) is 19.9 Å². The van der Waals surface area contributed by atoms with E-state index in [-0.39, 0.29) is 30.2 Å². The second-order valence-corrected chi connectivity index (χ2v) is 6.40. The second-order valence-electron chi connectivity index (χ2n) is 6.40. The van der Waals surface area contributed by atoms with Crippen LogP contribution in [0.5, 0.6) is 0 Å². The van der Waals surface area contributed by atoms with E-state index < -0.39 is 5.56 Å². The maximum Gasteiger partial charge on any atom is 0.284 e. The average molecular weight is 380 g/mol. The smallest absolute Gasteiger partial charge is 0.284 e. The highest BCUT2D eigenvalue weighted by atomic mass is 16.2. The van der Waals surface area contributed by atoms with Gasteiger partial charge in [-0.05, 0) is 43.9 Å². The number of carbonyl (C=O) groups is 2. The van der Waals surface area contributed by atoms with Crippen molar-refractivity contribution in [1.82, 2.24) is 9.78 Å². The van der Waals surface area contributed by atoms with E-state index in [4.69, 9.17) is 0 Å². The molecule has 1 N–H and O–H groups in total. The van der Waals surface area contributed by atoms with Crippen LogP contribution < -0.4 is 10.9 Å². The van der Waals surface area contributed by atoms with Gasteiger partial charge in [0.1, 0.15) is 11.6 Å². The maximum absolute atomic E-state index is 12.5. The van der Waals surface area contributed by atoms with Gasteiger partial charge in [0, 0.05) is 18.5 Å². The molecular formula is C21H24N4O3. The quantitative estimate of drug-likeness (QED) is 0.709. The number of aromatic nitrogens is 2. The highest BCUT2D eigenvalue weighted by Gasteiger charge is 2.15. The summed E-state index contributed by atoms with van der Waals surface area (Å²) in [5, 5.41) is 16.4. The normalized spacial score (nSPS) is 10.4. The molecule has 0 atom stereocenters. The van der Waals surface area contributed by atoms with E-state index in [0.29, 0.717) is 36.1 Å². The summed E-state index contributed by atoms with van der Waals surface area (Å²) < 4.78 is 1.27. The average Bonchev–Trinajstić information content (AvgIpc) is 2.68. The maximum atomic E-state index is 12.5. The van der Waals surface area contributed by atoms with Crippen LogP contribution in [0.2, 0.25) is 0 Å². The van der Waals surface area contributed by atoms with Gasteiger partial charge in [0.15, 0.2) is 5.78 Å². The number of Topliss-reactive ketones (excluding diaryl/α,β-unsaturated/α-hetero) is 1. The van der Waals surface area contributed by atoms with Crippen LogP contribution in [0, 0.1) is 11.3 Å². The van der Waals surface area contributed by atoms with Gasteiger partial charge < -0.3 is 5.32 Å². The van der Waals surface area contributed by atoms with Crippen LogP contribution in [-0.2, 0) is 24.2 Å². The van der Waals surface area contributed by atoms with Crippen molar-refractivity contribution >= 4 is 17.4 Å². The first-order valence-electron chi connectivity index (χ1n) is 9.35. The van der Waals surface area contributed by atoms with Gasteiger partial charge in [0.25, 0.3) is 5.56 Å². The minimum atomic E-state index is -0.418. The van der Waals surface area contributed by atoms with Crippen molar-refractivity contribution in [2.75, 3.05) is 5.32 Å². The second kappa shape index (κ2) is 9.60. The van der Waals surface area contributed by atoms with Crippen LogP contribution in [0.25, 0.3) is 0 Å². The molecule has 0 aliphatic carbocycles. The van der Waals surface area contributed by atoms with E-state index in [9.17, 15) is 19.6 Å². The predicted octanol–water partition coefficient (Wildman–Crippen LogP) is 2.86. The predicted molar refractivity (Wildman–Crippen MR) is 106 cm³/mol. The third-order valence-corrected chi connectivity index (χ3v) is 4.49. The molecule has 0 saturated carbocycles. The Hall–Kier alpha value is -3.27. The minimum Gasteiger partial charge on any atom is -0.325 e.